The van der Waals surface area contributed by atoms with Crippen molar-refractivity contribution < 1.29 is 37.6 Å². The van der Waals surface area contributed by atoms with Crippen LogP contribution < -0.4 is 34.9 Å². The summed E-state index contributed by atoms with van der Waals surface area (Å²) in [6.45, 7) is 6.47. The predicted octanol–water partition coefficient (Wildman–Crippen LogP) is 5.66. The Morgan fingerprint density at radius 2 is 1.80 bits per heavy atom. The van der Waals surface area contributed by atoms with E-state index < -0.39 is 29.9 Å². The van der Waals surface area contributed by atoms with Gasteiger partial charge in [0.2, 0.25) is 12.1 Å². The third-order valence-electron chi connectivity index (χ3n) is 8.91. The van der Waals surface area contributed by atoms with Gasteiger partial charge in [-0.3, -0.25) is 9.78 Å². The molecule has 0 saturated heterocycles. The lowest BCUT2D eigenvalue weighted by molar-refractivity contribution is -0.113. The summed E-state index contributed by atoms with van der Waals surface area (Å²) in [6, 6.07) is 12.3. The maximum atomic E-state index is 15.6. The number of pyridine rings is 1. The predicted molar refractivity (Wildman–Crippen MR) is 179 cm³/mol. The summed E-state index contributed by atoms with van der Waals surface area (Å²) < 4.78 is 53.3. The third-order valence-corrected chi connectivity index (χ3v) is 8.91. The Bertz CT molecular complexity index is 1930. The van der Waals surface area contributed by atoms with Crippen molar-refractivity contribution in [3.05, 3.63) is 84.2 Å². The fraction of sp³-hybridized carbons (Fsp3) is 0.333. The van der Waals surface area contributed by atoms with E-state index in [1.54, 1.807) is 53.4 Å². The van der Waals surface area contributed by atoms with E-state index in [1.165, 1.54) is 30.3 Å². The fourth-order valence-corrected chi connectivity index (χ4v) is 5.94. The van der Waals surface area contributed by atoms with Crippen molar-refractivity contribution in [2.75, 3.05) is 30.0 Å². The summed E-state index contributed by atoms with van der Waals surface area (Å²) in [6.07, 6.45) is 3.82. The number of aromatic nitrogens is 1. The molecule has 0 bridgehead atoms. The standard InChI is InChI=1S/C36H37F2N5O6/c1-20(2)42-18-25(21(3)43(35(42)45)24-7-4-22(37)5-8-24)34(44)41-23-6-9-28(26(38)16-23)49-29-10-13-40-27-17-30(48-19-36(39)11-12-36)32-33(31(27)29)47-15-14-46-32/h4-10,13,16-18,20-21,35,45H,11-12,14-15,19,39H2,1-3H3,(H,41,44). The van der Waals surface area contributed by atoms with Crippen LogP contribution in [-0.2, 0) is 4.79 Å². The lowest BCUT2D eigenvalue weighted by Gasteiger charge is -2.46. The van der Waals surface area contributed by atoms with E-state index in [2.05, 4.69) is 10.3 Å². The van der Waals surface area contributed by atoms with Gasteiger partial charge in [0, 0.05) is 41.9 Å². The van der Waals surface area contributed by atoms with E-state index in [0.717, 1.165) is 12.8 Å². The number of carbonyl (C=O) groups is 1. The highest BCUT2D eigenvalue weighted by Gasteiger charge is 2.40. The molecular formula is C36H37F2N5O6. The molecule has 11 nitrogen and oxygen atoms in total. The number of hydrogen-bond donors (Lipinski definition) is 3. The highest BCUT2D eigenvalue weighted by molar-refractivity contribution is 6.05. The molecule has 3 heterocycles. The van der Waals surface area contributed by atoms with Crippen molar-refractivity contribution in [2.24, 2.45) is 5.73 Å². The Morgan fingerprint density at radius 3 is 2.49 bits per heavy atom. The molecule has 3 aromatic carbocycles. The van der Waals surface area contributed by atoms with Crippen LogP contribution in [0.1, 0.15) is 33.6 Å². The Morgan fingerprint density at radius 1 is 1.06 bits per heavy atom. The van der Waals surface area contributed by atoms with Crippen LogP contribution in [0.25, 0.3) is 10.9 Å². The molecule has 2 aliphatic heterocycles. The average molecular weight is 674 g/mol. The maximum absolute atomic E-state index is 15.6. The summed E-state index contributed by atoms with van der Waals surface area (Å²) in [7, 11) is 0. The Balaban J connectivity index is 1.13. The smallest absolute Gasteiger partial charge is 0.255 e. The zero-order chi connectivity index (χ0) is 34.4. The number of nitrogens with two attached hydrogens (primary N) is 1. The molecule has 1 amide bonds. The molecule has 3 aliphatic rings. The minimum Gasteiger partial charge on any atom is -0.488 e. The van der Waals surface area contributed by atoms with E-state index in [1.807, 2.05) is 13.8 Å². The first-order chi connectivity index (χ1) is 23.5. The van der Waals surface area contributed by atoms with Gasteiger partial charge < -0.3 is 44.9 Å². The van der Waals surface area contributed by atoms with Crippen LogP contribution in [0.15, 0.2) is 72.6 Å². The summed E-state index contributed by atoms with van der Waals surface area (Å²) in [4.78, 5) is 21.3. The van der Waals surface area contributed by atoms with Crippen molar-refractivity contribution in [3.63, 3.8) is 0 Å². The number of ether oxygens (including phenoxy) is 4. The van der Waals surface area contributed by atoms with Crippen molar-refractivity contribution in [2.45, 2.75) is 57.6 Å². The summed E-state index contributed by atoms with van der Waals surface area (Å²) in [5.74, 6) is -0.162. The van der Waals surface area contributed by atoms with Crippen LogP contribution in [0.2, 0.25) is 0 Å². The number of hydrogen-bond acceptors (Lipinski definition) is 10. The van der Waals surface area contributed by atoms with Crippen molar-refractivity contribution in [3.8, 4) is 28.7 Å². The van der Waals surface area contributed by atoms with Crippen LogP contribution in [0, 0.1) is 11.6 Å². The SMILES string of the molecule is CC(C)N1C=C(C(=O)Nc2ccc(Oc3ccnc4cc(OCC5(N)CC5)c5c(c34)OCCO5)c(F)c2)C(C)N(c2ccc(F)cc2)C1O. The molecule has 1 saturated carbocycles. The molecule has 4 N–H and O–H groups in total. The van der Waals surface area contributed by atoms with Gasteiger partial charge in [-0.2, -0.15) is 0 Å². The third kappa shape index (κ3) is 6.39. The number of nitrogens with zero attached hydrogens (tertiary/aromatic N) is 3. The van der Waals surface area contributed by atoms with E-state index in [0.29, 0.717) is 65.0 Å². The van der Waals surface area contributed by atoms with Crippen LogP contribution >= 0.6 is 0 Å². The first-order valence-electron chi connectivity index (χ1n) is 16.1. The first kappa shape index (κ1) is 32.4. The number of halogens is 2. The molecule has 1 aromatic heterocycles. The lowest BCUT2D eigenvalue weighted by atomic mass is 10.0. The summed E-state index contributed by atoms with van der Waals surface area (Å²) in [5.41, 5.74) is 7.44. The molecule has 1 fully saturated rings. The number of rotatable bonds is 9. The van der Waals surface area contributed by atoms with Crippen molar-refractivity contribution >= 4 is 28.2 Å². The van der Waals surface area contributed by atoms with Crippen LogP contribution in [-0.4, -0.2) is 64.7 Å². The number of anilines is 2. The van der Waals surface area contributed by atoms with E-state index in [9.17, 15) is 14.3 Å². The molecule has 1 aliphatic carbocycles. The highest BCUT2D eigenvalue weighted by atomic mass is 19.1. The molecule has 0 radical (unpaired) electrons. The molecule has 0 spiro atoms. The van der Waals surface area contributed by atoms with Crippen molar-refractivity contribution in [1.82, 2.24) is 9.88 Å². The van der Waals surface area contributed by atoms with E-state index in [-0.39, 0.29) is 23.0 Å². The maximum Gasteiger partial charge on any atom is 0.255 e. The van der Waals surface area contributed by atoms with Gasteiger partial charge in [-0.25, -0.2) is 8.78 Å². The number of nitrogens with one attached hydrogen (secondary N) is 1. The topological polar surface area (TPSA) is 132 Å². The lowest BCUT2D eigenvalue weighted by Crippen LogP contribution is -2.57. The van der Waals surface area contributed by atoms with Gasteiger partial charge in [-0.1, -0.05) is 0 Å². The molecule has 49 heavy (non-hydrogen) atoms. The van der Waals surface area contributed by atoms with Gasteiger partial charge >= 0.3 is 0 Å². The Labute approximate surface area is 281 Å². The second-order valence-electron chi connectivity index (χ2n) is 12.8. The molecule has 2 atom stereocenters. The Hall–Kier alpha value is -5.14. The number of fused-ring (bicyclic) bond motifs is 3. The molecule has 4 aromatic rings. The van der Waals surface area contributed by atoms with E-state index in [4.69, 9.17) is 24.7 Å². The summed E-state index contributed by atoms with van der Waals surface area (Å²) in [5, 5.41) is 14.4. The minimum absolute atomic E-state index is 0.0862. The molecule has 2 unspecified atom stereocenters. The Kier molecular flexibility index (Phi) is 8.41. The highest BCUT2D eigenvalue weighted by Crippen LogP contribution is 2.49. The fourth-order valence-electron chi connectivity index (χ4n) is 5.94. The second-order valence-corrected chi connectivity index (χ2v) is 12.8. The van der Waals surface area contributed by atoms with Gasteiger partial charge in [-0.15, -0.1) is 0 Å². The number of amides is 1. The largest absolute Gasteiger partial charge is 0.488 e. The quantitative estimate of drug-likeness (QED) is 0.205. The van der Waals surface area contributed by atoms with Gasteiger partial charge in [-0.05, 0) is 76.1 Å². The van der Waals surface area contributed by atoms with Gasteiger partial charge in [0.05, 0.1) is 28.1 Å². The second kappa shape index (κ2) is 12.7. The van der Waals surface area contributed by atoms with Gasteiger partial charge in [0.15, 0.2) is 23.1 Å². The number of aliphatic hydroxyl groups is 1. The van der Waals surface area contributed by atoms with E-state index >= 15 is 4.39 Å². The molecular weight excluding hydrogens is 636 g/mol. The molecule has 13 heteroatoms. The van der Waals surface area contributed by atoms with Crippen LogP contribution in [0.5, 0.6) is 28.7 Å². The first-order valence-corrected chi connectivity index (χ1v) is 16.1. The minimum atomic E-state index is -1.10. The normalized spacial score (nSPS) is 19.5. The average Bonchev–Trinajstić information content (AvgIpc) is 3.82. The zero-order valence-corrected chi connectivity index (χ0v) is 27.3. The zero-order valence-electron chi connectivity index (χ0n) is 27.3. The molecule has 256 valence electrons. The number of carbonyl (C=O) groups excluding carboxylic acids is 1. The number of aliphatic hydroxyl groups excluding tert-OH is 1. The van der Waals surface area contributed by atoms with Crippen LogP contribution in [0.4, 0.5) is 20.2 Å². The monoisotopic (exact) mass is 673 g/mol. The van der Waals surface area contributed by atoms with Gasteiger partial charge in [0.25, 0.3) is 5.91 Å². The molecule has 7 rings (SSSR count). The van der Waals surface area contributed by atoms with Crippen molar-refractivity contribution in [1.29, 1.82) is 0 Å². The number of benzene rings is 3. The van der Waals surface area contributed by atoms with Gasteiger partial charge in [0.1, 0.15) is 31.4 Å². The summed E-state index contributed by atoms with van der Waals surface area (Å²) >= 11 is 0. The van der Waals surface area contributed by atoms with Crippen LogP contribution in [0.3, 0.4) is 0 Å².